The zero-order valence-electron chi connectivity index (χ0n) is 20.1. The molecule has 1 aliphatic heterocycles. The molecule has 0 N–H and O–H groups in total. The Hall–Kier alpha value is -3.08. The third kappa shape index (κ3) is 5.19. The van der Waals surface area contributed by atoms with Gasteiger partial charge in [-0.2, -0.15) is 0 Å². The molecule has 4 heteroatoms. The first kappa shape index (κ1) is 22.7. The quantitative estimate of drug-likeness (QED) is 0.297. The summed E-state index contributed by atoms with van der Waals surface area (Å²) < 4.78 is 7.72. The van der Waals surface area contributed by atoms with E-state index in [1.807, 2.05) is 0 Å². The van der Waals surface area contributed by atoms with Gasteiger partial charge in [-0.15, -0.1) is 0 Å². The van der Waals surface area contributed by atoms with Gasteiger partial charge in [-0.3, -0.25) is 4.90 Å². The Morgan fingerprint density at radius 3 is 2.03 bits per heavy atom. The van der Waals surface area contributed by atoms with Gasteiger partial charge >= 0.3 is 0 Å². The molecule has 0 amide bonds. The minimum Gasteiger partial charge on any atom is -0.497 e. The van der Waals surface area contributed by atoms with Gasteiger partial charge in [-0.1, -0.05) is 60.7 Å². The van der Waals surface area contributed by atoms with Crippen LogP contribution in [-0.2, 0) is 6.54 Å². The van der Waals surface area contributed by atoms with E-state index in [4.69, 9.17) is 4.74 Å². The molecule has 0 aliphatic carbocycles. The van der Waals surface area contributed by atoms with Crippen molar-refractivity contribution in [2.24, 2.45) is 0 Å². The zero-order chi connectivity index (χ0) is 23.2. The molecular weight excluding hydrogens is 418 g/mol. The minimum absolute atomic E-state index is 0.338. The molecule has 0 atom stereocenters. The van der Waals surface area contributed by atoms with Crippen LogP contribution in [0.4, 0.5) is 0 Å². The molecule has 1 saturated heterocycles. The summed E-state index contributed by atoms with van der Waals surface area (Å²) in [6.45, 7) is 6.75. The summed E-state index contributed by atoms with van der Waals surface area (Å²) in [6.07, 6.45) is 4.64. The lowest BCUT2D eigenvalue weighted by molar-refractivity contribution is 0.108. The largest absolute Gasteiger partial charge is 0.497 e. The molecule has 0 radical (unpaired) electrons. The third-order valence-electron chi connectivity index (χ3n) is 7.10. The number of aryl methyl sites for hydroxylation is 1. The summed E-state index contributed by atoms with van der Waals surface area (Å²) in [6, 6.07) is 30.8. The average Bonchev–Trinajstić information content (AvgIpc) is 3.31. The third-order valence-corrected chi connectivity index (χ3v) is 7.10. The van der Waals surface area contributed by atoms with Crippen LogP contribution in [0.15, 0.2) is 91.1 Å². The molecule has 1 aliphatic rings. The SMILES string of the molecule is COc1ccc2c(ccn2CCCCN2CCN(C(c3ccccc3)c3ccccc3)CC2)c1. The maximum absolute atomic E-state index is 5.35. The molecule has 2 heterocycles. The van der Waals surface area contributed by atoms with Gasteiger partial charge in [0, 0.05) is 49.8 Å². The van der Waals surface area contributed by atoms with Crippen molar-refractivity contribution in [3.63, 3.8) is 0 Å². The van der Waals surface area contributed by atoms with Gasteiger partial charge in [-0.25, -0.2) is 0 Å². The molecule has 34 heavy (non-hydrogen) atoms. The molecule has 1 fully saturated rings. The van der Waals surface area contributed by atoms with E-state index in [1.54, 1.807) is 7.11 Å². The molecule has 0 unspecified atom stereocenters. The Labute approximate surface area is 203 Å². The standard InChI is InChI=1S/C30H35N3O/c1-34-28-14-15-29-27(24-28)16-19-32(29)18-9-8-17-31-20-22-33(23-21-31)30(25-10-4-2-5-11-25)26-12-6-3-7-13-26/h2-7,10-16,19,24,30H,8-9,17-18,20-23H2,1H3. The van der Waals surface area contributed by atoms with Gasteiger partial charge in [0.1, 0.15) is 5.75 Å². The summed E-state index contributed by atoms with van der Waals surface area (Å²) in [5.41, 5.74) is 4.07. The Morgan fingerprint density at radius 2 is 1.38 bits per heavy atom. The van der Waals surface area contributed by atoms with Crippen molar-refractivity contribution in [3.8, 4) is 5.75 Å². The first-order valence-electron chi connectivity index (χ1n) is 12.5. The van der Waals surface area contributed by atoms with Gasteiger partial charge in [0.05, 0.1) is 13.2 Å². The summed E-state index contributed by atoms with van der Waals surface area (Å²) in [4.78, 5) is 5.30. The van der Waals surface area contributed by atoms with E-state index in [2.05, 4.69) is 105 Å². The lowest BCUT2D eigenvalue weighted by atomic mass is 9.96. The Kier molecular flexibility index (Phi) is 7.28. The highest BCUT2D eigenvalue weighted by Gasteiger charge is 2.26. The van der Waals surface area contributed by atoms with Gasteiger partial charge in [-0.05, 0) is 54.8 Å². The van der Waals surface area contributed by atoms with Crippen LogP contribution in [0.2, 0.25) is 0 Å². The molecule has 5 rings (SSSR count). The highest BCUT2D eigenvalue weighted by atomic mass is 16.5. The van der Waals surface area contributed by atoms with Crippen LogP contribution >= 0.6 is 0 Å². The van der Waals surface area contributed by atoms with Crippen LogP contribution in [0.25, 0.3) is 10.9 Å². The lowest BCUT2D eigenvalue weighted by Gasteiger charge is -2.40. The summed E-state index contributed by atoms with van der Waals surface area (Å²) in [5.74, 6) is 0.922. The molecule has 3 aromatic carbocycles. The van der Waals surface area contributed by atoms with Gasteiger partial charge in [0.15, 0.2) is 0 Å². The van der Waals surface area contributed by atoms with Crippen LogP contribution in [0.3, 0.4) is 0 Å². The molecule has 176 valence electrons. The van der Waals surface area contributed by atoms with Crippen molar-refractivity contribution in [1.29, 1.82) is 0 Å². The van der Waals surface area contributed by atoms with E-state index in [0.717, 1.165) is 38.5 Å². The molecule has 0 saturated carbocycles. The first-order chi connectivity index (χ1) is 16.8. The number of benzene rings is 3. The molecular formula is C30H35N3O. The minimum atomic E-state index is 0.338. The number of unbranched alkanes of at least 4 members (excludes halogenated alkanes) is 1. The van der Waals surface area contributed by atoms with Crippen LogP contribution in [0.5, 0.6) is 5.75 Å². The fourth-order valence-electron chi connectivity index (χ4n) is 5.25. The number of fused-ring (bicyclic) bond motifs is 1. The number of nitrogens with zero attached hydrogens (tertiary/aromatic N) is 3. The zero-order valence-corrected chi connectivity index (χ0v) is 20.1. The second kappa shape index (κ2) is 10.9. The molecule has 4 aromatic rings. The highest BCUT2D eigenvalue weighted by molar-refractivity contribution is 5.81. The Balaban J connectivity index is 1.13. The number of rotatable bonds is 9. The predicted octanol–water partition coefficient (Wildman–Crippen LogP) is 5.84. The van der Waals surface area contributed by atoms with E-state index >= 15 is 0 Å². The van der Waals surface area contributed by atoms with E-state index in [9.17, 15) is 0 Å². The van der Waals surface area contributed by atoms with Crippen LogP contribution < -0.4 is 4.74 Å². The van der Waals surface area contributed by atoms with Gasteiger partial charge in [0.25, 0.3) is 0 Å². The predicted molar refractivity (Wildman–Crippen MR) is 140 cm³/mol. The topological polar surface area (TPSA) is 20.6 Å². The number of aromatic nitrogens is 1. The van der Waals surface area contributed by atoms with Crippen molar-refractivity contribution in [2.45, 2.75) is 25.4 Å². The number of methoxy groups -OCH3 is 1. The summed E-state index contributed by atoms with van der Waals surface area (Å²) in [5, 5.41) is 1.25. The normalized spacial score (nSPS) is 15.2. The van der Waals surface area contributed by atoms with Gasteiger partial charge in [0.2, 0.25) is 0 Å². The van der Waals surface area contributed by atoms with Crippen molar-refractivity contribution in [2.75, 3.05) is 39.8 Å². The lowest BCUT2D eigenvalue weighted by Crippen LogP contribution is -2.48. The Bertz CT molecular complexity index is 1120. The summed E-state index contributed by atoms with van der Waals surface area (Å²) in [7, 11) is 1.72. The fourth-order valence-corrected chi connectivity index (χ4v) is 5.25. The second-order valence-electron chi connectivity index (χ2n) is 9.24. The number of piperazine rings is 1. The number of hydrogen-bond donors (Lipinski definition) is 0. The summed E-state index contributed by atoms with van der Waals surface area (Å²) >= 11 is 0. The van der Waals surface area contributed by atoms with E-state index in [0.29, 0.717) is 6.04 Å². The van der Waals surface area contributed by atoms with Crippen LogP contribution in [0.1, 0.15) is 30.0 Å². The van der Waals surface area contributed by atoms with Crippen molar-refractivity contribution >= 4 is 10.9 Å². The molecule has 4 nitrogen and oxygen atoms in total. The van der Waals surface area contributed by atoms with E-state index in [1.165, 1.54) is 41.4 Å². The maximum atomic E-state index is 5.35. The van der Waals surface area contributed by atoms with Crippen molar-refractivity contribution in [3.05, 3.63) is 102 Å². The van der Waals surface area contributed by atoms with Crippen molar-refractivity contribution in [1.82, 2.24) is 14.4 Å². The van der Waals surface area contributed by atoms with Gasteiger partial charge < -0.3 is 14.2 Å². The average molecular weight is 454 g/mol. The van der Waals surface area contributed by atoms with E-state index < -0.39 is 0 Å². The van der Waals surface area contributed by atoms with Crippen LogP contribution in [-0.4, -0.2) is 54.2 Å². The highest BCUT2D eigenvalue weighted by Crippen LogP contribution is 2.29. The Morgan fingerprint density at radius 1 is 0.735 bits per heavy atom. The first-order valence-corrected chi connectivity index (χ1v) is 12.5. The van der Waals surface area contributed by atoms with Crippen LogP contribution in [0, 0.1) is 0 Å². The van der Waals surface area contributed by atoms with Crippen molar-refractivity contribution < 1.29 is 4.74 Å². The maximum Gasteiger partial charge on any atom is 0.119 e. The number of ether oxygens (including phenoxy) is 1. The molecule has 0 spiro atoms. The number of hydrogen-bond acceptors (Lipinski definition) is 3. The molecule has 0 bridgehead atoms. The fraction of sp³-hybridized carbons (Fsp3) is 0.333. The smallest absolute Gasteiger partial charge is 0.119 e. The monoisotopic (exact) mass is 453 g/mol. The second-order valence-corrected chi connectivity index (χ2v) is 9.24. The molecule has 1 aromatic heterocycles. The van der Waals surface area contributed by atoms with E-state index in [-0.39, 0.29) is 0 Å².